The number of ether oxygens (including phenoxy) is 2. The monoisotopic (exact) mass is 437 g/mol. The van der Waals surface area contributed by atoms with Gasteiger partial charge in [-0.1, -0.05) is 12.1 Å². The molecule has 0 N–H and O–H groups in total. The minimum absolute atomic E-state index is 0.0452. The van der Waals surface area contributed by atoms with Gasteiger partial charge in [0.1, 0.15) is 13.2 Å². The SMILES string of the molecule is CCn1c(=S)n(CN2CCC(C(=O)c3ccc4c(c3)OCCO4)CC2)c2ccccc21. The van der Waals surface area contributed by atoms with Crippen molar-refractivity contribution in [1.29, 1.82) is 0 Å². The number of ketones is 1. The van der Waals surface area contributed by atoms with Gasteiger partial charge in [-0.15, -0.1) is 0 Å². The van der Waals surface area contributed by atoms with Crippen molar-refractivity contribution in [2.75, 3.05) is 26.3 Å². The number of Topliss-reactive ketones (excluding diaryl/α,β-unsaturated/α-hetero) is 1. The van der Waals surface area contributed by atoms with Crippen LogP contribution >= 0.6 is 12.2 Å². The van der Waals surface area contributed by atoms with E-state index in [9.17, 15) is 4.79 Å². The maximum atomic E-state index is 13.1. The summed E-state index contributed by atoms with van der Waals surface area (Å²) in [5.41, 5.74) is 3.07. The third kappa shape index (κ3) is 3.77. The van der Waals surface area contributed by atoms with Gasteiger partial charge >= 0.3 is 0 Å². The smallest absolute Gasteiger partial charge is 0.181 e. The van der Waals surface area contributed by atoms with Gasteiger partial charge in [0.2, 0.25) is 0 Å². The number of carbonyl (C=O) groups excluding carboxylic acids is 1. The molecular formula is C24H27N3O3S. The predicted molar refractivity (Wildman–Crippen MR) is 122 cm³/mol. The lowest BCUT2D eigenvalue weighted by Crippen LogP contribution is -2.37. The number of hydrogen-bond acceptors (Lipinski definition) is 5. The Hall–Kier alpha value is -2.64. The minimum Gasteiger partial charge on any atom is -0.486 e. The van der Waals surface area contributed by atoms with Crippen LogP contribution in [0.4, 0.5) is 0 Å². The Morgan fingerprint density at radius 3 is 2.39 bits per heavy atom. The van der Waals surface area contributed by atoms with E-state index in [0.717, 1.165) is 55.2 Å². The van der Waals surface area contributed by atoms with Gasteiger partial charge in [0.25, 0.3) is 0 Å². The van der Waals surface area contributed by atoms with E-state index in [-0.39, 0.29) is 11.7 Å². The topological polar surface area (TPSA) is 48.6 Å². The molecule has 162 valence electrons. The van der Waals surface area contributed by atoms with Gasteiger partial charge in [-0.25, -0.2) is 0 Å². The van der Waals surface area contributed by atoms with Crippen molar-refractivity contribution < 1.29 is 14.3 Å². The second-order valence-corrected chi connectivity index (χ2v) is 8.57. The average Bonchev–Trinajstić information content (AvgIpc) is 3.09. The van der Waals surface area contributed by atoms with Gasteiger partial charge in [0, 0.05) is 31.1 Å². The van der Waals surface area contributed by atoms with Crippen LogP contribution in [0.15, 0.2) is 42.5 Å². The number of carbonyl (C=O) groups is 1. The number of aryl methyl sites for hydroxylation is 1. The van der Waals surface area contributed by atoms with Crippen molar-refractivity contribution in [3.8, 4) is 11.5 Å². The van der Waals surface area contributed by atoms with E-state index < -0.39 is 0 Å². The fraction of sp³-hybridized carbons (Fsp3) is 0.417. The first kappa shape index (κ1) is 20.3. The molecule has 0 atom stereocenters. The first-order valence-electron chi connectivity index (χ1n) is 11.0. The molecule has 0 aliphatic carbocycles. The van der Waals surface area contributed by atoms with E-state index in [1.54, 1.807) is 0 Å². The molecule has 5 rings (SSSR count). The largest absolute Gasteiger partial charge is 0.486 e. The maximum absolute atomic E-state index is 13.1. The number of fused-ring (bicyclic) bond motifs is 2. The zero-order valence-electron chi connectivity index (χ0n) is 17.8. The number of para-hydroxylation sites is 2. The fourth-order valence-corrected chi connectivity index (χ4v) is 5.07. The minimum atomic E-state index is 0.0452. The summed E-state index contributed by atoms with van der Waals surface area (Å²) >= 11 is 5.76. The summed E-state index contributed by atoms with van der Waals surface area (Å²) < 4.78 is 16.5. The molecule has 7 heteroatoms. The molecule has 0 saturated carbocycles. The molecular weight excluding hydrogens is 410 g/mol. The Labute approximate surface area is 187 Å². The van der Waals surface area contributed by atoms with Crippen LogP contribution in [0, 0.1) is 10.7 Å². The van der Waals surface area contributed by atoms with Crippen LogP contribution < -0.4 is 9.47 Å². The molecule has 2 aliphatic rings. The summed E-state index contributed by atoms with van der Waals surface area (Å²) in [5.74, 6) is 1.65. The lowest BCUT2D eigenvalue weighted by molar-refractivity contribution is 0.0811. The van der Waals surface area contributed by atoms with Gasteiger partial charge in [0.05, 0.1) is 17.7 Å². The number of aromatic nitrogens is 2. The molecule has 0 amide bonds. The molecule has 2 aromatic carbocycles. The van der Waals surface area contributed by atoms with Crippen LogP contribution in [0.25, 0.3) is 11.0 Å². The number of imidazole rings is 1. The quantitative estimate of drug-likeness (QED) is 0.434. The van der Waals surface area contributed by atoms with Gasteiger partial charge in [0.15, 0.2) is 22.1 Å². The molecule has 1 aromatic heterocycles. The van der Waals surface area contributed by atoms with Crippen LogP contribution in [0.5, 0.6) is 11.5 Å². The van der Waals surface area contributed by atoms with Gasteiger partial charge in [-0.2, -0.15) is 0 Å². The third-order valence-corrected chi connectivity index (χ3v) is 6.81. The molecule has 1 saturated heterocycles. The van der Waals surface area contributed by atoms with Crippen molar-refractivity contribution in [2.24, 2.45) is 5.92 Å². The molecule has 1 fully saturated rings. The van der Waals surface area contributed by atoms with Gasteiger partial charge in [-0.3, -0.25) is 9.69 Å². The second-order valence-electron chi connectivity index (χ2n) is 8.20. The van der Waals surface area contributed by atoms with E-state index in [2.05, 4.69) is 45.2 Å². The van der Waals surface area contributed by atoms with E-state index in [0.29, 0.717) is 19.0 Å². The van der Waals surface area contributed by atoms with E-state index in [4.69, 9.17) is 21.7 Å². The number of nitrogens with zero attached hydrogens (tertiary/aromatic N) is 3. The van der Waals surface area contributed by atoms with Crippen LogP contribution in [0.1, 0.15) is 30.1 Å². The molecule has 2 aliphatic heterocycles. The summed E-state index contributed by atoms with van der Waals surface area (Å²) in [6, 6.07) is 13.9. The van der Waals surface area contributed by atoms with Crippen molar-refractivity contribution in [2.45, 2.75) is 33.0 Å². The first-order chi connectivity index (χ1) is 15.2. The molecule has 3 heterocycles. The molecule has 6 nitrogen and oxygen atoms in total. The van der Waals surface area contributed by atoms with Crippen LogP contribution in [0.2, 0.25) is 0 Å². The van der Waals surface area contributed by atoms with Crippen LogP contribution in [-0.4, -0.2) is 46.1 Å². The van der Waals surface area contributed by atoms with Crippen LogP contribution in [-0.2, 0) is 13.2 Å². The van der Waals surface area contributed by atoms with E-state index in [1.165, 1.54) is 11.0 Å². The predicted octanol–water partition coefficient (Wildman–Crippen LogP) is 4.52. The highest BCUT2D eigenvalue weighted by molar-refractivity contribution is 7.71. The molecule has 0 unspecified atom stereocenters. The Balaban J connectivity index is 1.27. The standard InChI is InChI=1S/C24H27N3O3S/c1-2-26-19-5-3-4-6-20(19)27(24(26)31)16-25-11-9-17(10-12-25)23(28)18-7-8-21-22(15-18)30-14-13-29-21/h3-8,15,17H,2,9-14,16H2,1H3. The molecule has 0 bridgehead atoms. The molecule has 31 heavy (non-hydrogen) atoms. The first-order valence-corrected chi connectivity index (χ1v) is 11.4. The van der Waals surface area contributed by atoms with Crippen LogP contribution in [0.3, 0.4) is 0 Å². The third-order valence-electron chi connectivity index (χ3n) is 6.37. The normalized spacial score (nSPS) is 17.2. The molecule has 0 radical (unpaired) electrons. The summed E-state index contributed by atoms with van der Waals surface area (Å²) in [6.07, 6.45) is 1.71. The Morgan fingerprint density at radius 2 is 1.68 bits per heavy atom. The summed E-state index contributed by atoms with van der Waals surface area (Å²) in [7, 11) is 0. The Bertz CT molecular complexity index is 1170. The average molecular weight is 438 g/mol. The summed E-state index contributed by atoms with van der Waals surface area (Å²) in [4.78, 5) is 15.5. The second kappa shape index (κ2) is 8.48. The summed E-state index contributed by atoms with van der Waals surface area (Å²) in [6.45, 7) is 6.60. The van der Waals surface area contributed by atoms with Gasteiger partial charge < -0.3 is 18.6 Å². The lowest BCUT2D eigenvalue weighted by atomic mass is 9.89. The zero-order valence-corrected chi connectivity index (χ0v) is 18.6. The van der Waals surface area contributed by atoms with Gasteiger partial charge in [-0.05, 0) is 62.3 Å². The molecule has 3 aromatic rings. The van der Waals surface area contributed by atoms with E-state index >= 15 is 0 Å². The number of likely N-dealkylation sites (tertiary alicyclic amines) is 1. The number of benzene rings is 2. The van der Waals surface area contributed by atoms with Crippen molar-refractivity contribution >= 4 is 29.0 Å². The molecule has 0 spiro atoms. The summed E-state index contributed by atoms with van der Waals surface area (Å²) in [5, 5.41) is 0. The Kier molecular flexibility index (Phi) is 5.54. The number of hydrogen-bond donors (Lipinski definition) is 0. The van der Waals surface area contributed by atoms with Crippen molar-refractivity contribution in [3.05, 3.63) is 52.8 Å². The highest BCUT2D eigenvalue weighted by atomic mass is 32.1. The number of rotatable bonds is 5. The number of piperidine rings is 1. The van der Waals surface area contributed by atoms with Crippen molar-refractivity contribution in [1.82, 2.24) is 14.0 Å². The Morgan fingerprint density at radius 1 is 1.00 bits per heavy atom. The van der Waals surface area contributed by atoms with E-state index in [1.807, 2.05) is 18.2 Å². The highest BCUT2D eigenvalue weighted by Crippen LogP contribution is 2.32. The highest BCUT2D eigenvalue weighted by Gasteiger charge is 2.27. The fourth-order valence-electron chi connectivity index (χ4n) is 4.68. The maximum Gasteiger partial charge on any atom is 0.181 e. The van der Waals surface area contributed by atoms with Crippen molar-refractivity contribution in [3.63, 3.8) is 0 Å². The lowest BCUT2D eigenvalue weighted by Gasteiger charge is -2.31. The zero-order chi connectivity index (χ0) is 21.4.